The number of hydrogen-bond acceptors (Lipinski definition) is 4. The predicted molar refractivity (Wildman–Crippen MR) is 85.4 cm³/mol. The van der Waals surface area contributed by atoms with Crippen molar-refractivity contribution in [3.8, 4) is 0 Å². The molecular weight excluding hydrogens is 284 g/mol. The molecule has 5 heteroatoms. The van der Waals surface area contributed by atoms with Crippen LogP contribution in [-0.2, 0) is 4.79 Å². The molecule has 2 atom stereocenters. The number of hydrogen-bond donors (Lipinski definition) is 3. The van der Waals surface area contributed by atoms with E-state index in [1.807, 2.05) is 37.3 Å². The highest BCUT2D eigenvalue weighted by atomic mass is 32.1. The average molecular weight is 304 g/mol. The Hall–Kier alpha value is -1.43. The zero-order valence-electron chi connectivity index (χ0n) is 12.1. The summed E-state index contributed by atoms with van der Waals surface area (Å²) in [5.41, 5.74) is -0.486. The Morgan fingerprint density at radius 2 is 2.33 bits per heavy atom. The molecule has 2 aromatic rings. The molecule has 1 fully saturated rings. The molecule has 0 saturated carbocycles. The zero-order valence-corrected chi connectivity index (χ0v) is 12.9. The molecule has 0 bridgehead atoms. The number of aliphatic hydroxyl groups excluding tert-OH is 1. The molecule has 1 aromatic carbocycles. The van der Waals surface area contributed by atoms with E-state index >= 15 is 0 Å². The lowest BCUT2D eigenvalue weighted by molar-refractivity contribution is -0.127. The summed E-state index contributed by atoms with van der Waals surface area (Å²) in [5, 5.41) is 17.5. The van der Waals surface area contributed by atoms with Crippen LogP contribution in [0.2, 0.25) is 0 Å². The molecule has 1 aromatic heterocycles. The van der Waals surface area contributed by atoms with E-state index in [-0.39, 0.29) is 12.5 Å². The predicted octanol–water partition coefficient (Wildman–Crippen LogP) is 2.19. The van der Waals surface area contributed by atoms with E-state index in [0.717, 1.165) is 34.3 Å². The summed E-state index contributed by atoms with van der Waals surface area (Å²) < 4.78 is 1.15. The topological polar surface area (TPSA) is 61.4 Å². The Kier molecular flexibility index (Phi) is 3.97. The fourth-order valence-corrected chi connectivity index (χ4v) is 3.79. The van der Waals surface area contributed by atoms with Crippen molar-refractivity contribution in [1.29, 1.82) is 0 Å². The Balaban J connectivity index is 1.63. The smallest absolute Gasteiger partial charge is 0.240 e. The Labute approximate surface area is 128 Å². The van der Waals surface area contributed by atoms with Gasteiger partial charge in [-0.3, -0.25) is 4.79 Å². The third-order valence-corrected chi connectivity index (χ3v) is 5.32. The van der Waals surface area contributed by atoms with Gasteiger partial charge in [-0.15, -0.1) is 11.3 Å². The number of benzene rings is 1. The minimum Gasteiger partial charge on any atom is -0.386 e. The molecule has 21 heavy (non-hydrogen) atoms. The van der Waals surface area contributed by atoms with Gasteiger partial charge in [0.25, 0.3) is 0 Å². The van der Waals surface area contributed by atoms with E-state index in [9.17, 15) is 9.90 Å². The maximum atomic E-state index is 12.2. The quantitative estimate of drug-likeness (QED) is 0.811. The van der Waals surface area contributed by atoms with Gasteiger partial charge in [0.05, 0.1) is 5.54 Å². The molecule has 0 radical (unpaired) electrons. The second-order valence-electron chi connectivity index (χ2n) is 5.77. The normalized spacial score (nSPS) is 23.3. The van der Waals surface area contributed by atoms with E-state index < -0.39 is 11.6 Å². The number of amides is 1. The second kappa shape index (κ2) is 5.75. The molecule has 1 amide bonds. The molecule has 4 nitrogen and oxygen atoms in total. The summed E-state index contributed by atoms with van der Waals surface area (Å²) in [6.07, 6.45) is 1.21. The summed E-state index contributed by atoms with van der Waals surface area (Å²) in [6, 6.07) is 10.0. The van der Waals surface area contributed by atoms with E-state index in [0.29, 0.717) is 0 Å². The largest absolute Gasteiger partial charge is 0.386 e. The first kappa shape index (κ1) is 14.5. The lowest BCUT2D eigenvalue weighted by atomic mass is 9.99. The minimum atomic E-state index is -0.656. The van der Waals surface area contributed by atoms with Gasteiger partial charge in [0.2, 0.25) is 5.91 Å². The summed E-state index contributed by atoms with van der Waals surface area (Å²) in [4.78, 5) is 13.1. The molecule has 2 heterocycles. The van der Waals surface area contributed by atoms with E-state index in [1.165, 1.54) is 0 Å². The van der Waals surface area contributed by atoms with Crippen LogP contribution in [0.5, 0.6) is 0 Å². The third-order valence-electron chi connectivity index (χ3n) is 4.10. The van der Waals surface area contributed by atoms with Gasteiger partial charge < -0.3 is 15.7 Å². The van der Waals surface area contributed by atoms with Crippen LogP contribution < -0.4 is 10.6 Å². The SMILES string of the molecule is CC1(C(=O)NCC(O)c2cc3ccccc3s2)CCCN1. The zero-order chi connectivity index (χ0) is 14.9. The number of aliphatic hydroxyl groups is 1. The Morgan fingerprint density at radius 3 is 3.05 bits per heavy atom. The fraction of sp³-hybridized carbons (Fsp3) is 0.438. The van der Waals surface area contributed by atoms with Crippen molar-refractivity contribution in [2.24, 2.45) is 0 Å². The van der Waals surface area contributed by atoms with Crippen molar-refractivity contribution >= 4 is 27.3 Å². The van der Waals surface area contributed by atoms with E-state index in [2.05, 4.69) is 10.6 Å². The van der Waals surface area contributed by atoms with E-state index in [4.69, 9.17) is 0 Å². The summed E-state index contributed by atoms with van der Waals surface area (Å²) in [5.74, 6) is -0.0276. The van der Waals surface area contributed by atoms with Gasteiger partial charge in [0, 0.05) is 16.1 Å². The third kappa shape index (κ3) is 2.95. The summed E-state index contributed by atoms with van der Waals surface area (Å²) >= 11 is 1.57. The number of fused-ring (bicyclic) bond motifs is 1. The van der Waals surface area contributed by atoms with Crippen LogP contribution in [0.25, 0.3) is 10.1 Å². The summed E-state index contributed by atoms with van der Waals surface area (Å²) in [7, 11) is 0. The van der Waals surface area contributed by atoms with Crippen molar-refractivity contribution in [3.63, 3.8) is 0 Å². The van der Waals surface area contributed by atoms with Gasteiger partial charge in [-0.25, -0.2) is 0 Å². The highest BCUT2D eigenvalue weighted by Crippen LogP contribution is 2.29. The van der Waals surface area contributed by atoms with Crippen molar-refractivity contribution in [3.05, 3.63) is 35.2 Å². The van der Waals surface area contributed by atoms with Crippen molar-refractivity contribution in [2.75, 3.05) is 13.1 Å². The molecule has 1 aliphatic heterocycles. The van der Waals surface area contributed by atoms with Crippen LogP contribution >= 0.6 is 11.3 Å². The molecule has 2 unspecified atom stereocenters. The highest BCUT2D eigenvalue weighted by Gasteiger charge is 2.35. The molecule has 0 aliphatic carbocycles. The molecule has 112 valence electrons. The Morgan fingerprint density at radius 1 is 1.52 bits per heavy atom. The van der Waals surface area contributed by atoms with Crippen molar-refractivity contribution < 1.29 is 9.90 Å². The molecule has 0 spiro atoms. The highest BCUT2D eigenvalue weighted by molar-refractivity contribution is 7.19. The maximum Gasteiger partial charge on any atom is 0.240 e. The van der Waals surface area contributed by atoms with Gasteiger partial charge in [0.1, 0.15) is 6.10 Å². The van der Waals surface area contributed by atoms with E-state index in [1.54, 1.807) is 11.3 Å². The number of thiophene rings is 1. The van der Waals surface area contributed by atoms with Crippen LogP contribution in [0.3, 0.4) is 0 Å². The average Bonchev–Trinajstić information content (AvgIpc) is 3.11. The molecular formula is C16H20N2O2S. The van der Waals surface area contributed by atoms with Crippen LogP contribution in [0.1, 0.15) is 30.7 Å². The number of nitrogens with one attached hydrogen (secondary N) is 2. The standard InChI is InChI=1S/C16H20N2O2S/c1-16(7-4-8-18-16)15(20)17-10-12(19)14-9-11-5-2-3-6-13(11)21-14/h2-3,5-6,9,12,18-19H,4,7-8,10H2,1H3,(H,17,20). The lowest BCUT2D eigenvalue weighted by Gasteiger charge is -2.23. The first-order chi connectivity index (χ1) is 10.1. The number of carbonyl (C=O) groups excluding carboxylic acids is 1. The van der Waals surface area contributed by atoms with Crippen LogP contribution in [0, 0.1) is 0 Å². The van der Waals surface area contributed by atoms with Crippen LogP contribution in [-0.4, -0.2) is 29.6 Å². The van der Waals surface area contributed by atoms with Crippen LogP contribution in [0.15, 0.2) is 30.3 Å². The van der Waals surface area contributed by atoms with Gasteiger partial charge in [-0.05, 0) is 43.8 Å². The number of rotatable bonds is 4. The first-order valence-electron chi connectivity index (χ1n) is 7.28. The van der Waals surface area contributed by atoms with Gasteiger partial charge >= 0.3 is 0 Å². The molecule has 3 rings (SSSR count). The maximum absolute atomic E-state index is 12.2. The van der Waals surface area contributed by atoms with Crippen LogP contribution in [0.4, 0.5) is 0 Å². The monoisotopic (exact) mass is 304 g/mol. The Bertz CT molecular complexity index is 614. The first-order valence-corrected chi connectivity index (χ1v) is 8.10. The lowest BCUT2D eigenvalue weighted by Crippen LogP contribution is -2.51. The summed E-state index contributed by atoms with van der Waals surface area (Å²) in [6.45, 7) is 3.05. The molecule has 1 saturated heterocycles. The fourth-order valence-electron chi connectivity index (χ4n) is 2.74. The molecule has 1 aliphatic rings. The van der Waals surface area contributed by atoms with Gasteiger partial charge in [0.15, 0.2) is 0 Å². The second-order valence-corrected chi connectivity index (χ2v) is 6.89. The minimum absolute atomic E-state index is 0.0276. The van der Waals surface area contributed by atoms with Crippen molar-refractivity contribution in [1.82, 2.24) is 10.6 Å². The van der Waals surface area contributed by atoms with Crippen molar-refractivity contribution in [2.45, 2.75) is 31.4 Å². The van der Waals surface area contributed by atoms with Gasteiger partial charge in [-0.1, -0.05) is 18.2 Å². The molecule has 3 N–H and O–H groups in total. The van der Waals surface area contributed by atoms with Gasteiger partial charge in [-0.2, -0.15) is 0 Å². The number of carbonyl (C=O) groups is 1.